The van der Waals surface area contributed by atoms with E-state index < -0.39 is 0 Å². The molecule has 0 aliphatic carbocycles. The van der Waals surface area contributed by atoms with Crippen molar-refractivity contribution < 1.29 is 9.53 Å². The zero-order chi connectivity index (χ0) is 11.1. The molecule has 3 nitrogen and oxygen atoms in total. The lowest BCUT2D eigenvalue weighted by Gasteiger charge is -2.13. The summed E-state index contributed by atoms with van der Waals surface area (Å²) in [4.78, 5) is 11.3. The SMILES string of the molecule is CCOC(=O)C(C)CNCC1CCCS1. The molecule has 2 unspecified atom stereocenters. The van der Waals surface area contributed by atoms with Crippen LogP contribution < -0.4 is 5.32 Å². The Labute approximate surface area is 96.3 Å². The van der Waals surface area contributed by atoms with E-state index in [2.05, 4.69) is 5.32 Å². The molecule has 1 saturated heterocycles. The third-order valence-corrected chi connectivity index (χ3v) is 3.93. The van der Waals surface area contributed by atoms with Crippen LogP contribution in [0.15, 0.2) is 0 Å². The molecule has 0 amide bonds. The first kappa shape index (κ1) is 12.8. The second-order valence-electron chi connectivity index (χ2n) is 3.95. The number of esters is 1. The maximum atomic E-state index is 11.3. The Hall–Kier alpha value is -0.220. The predicted octanol–water partition coefficient (Wildman–Crippen LogP) is 1.67. The molecule has 0 bridgehead atoms. The highest BCUT2D eigenvalue weighted by Crippen LogP contribution is 2.25. The van der Waals surface area contributed by atoms with E-state index in [1.54, 1.807) is 0 Å². The molecule has 0 spiro atoms. The minimum atomic E-state index is -0.0934. The van der Waals surface area contributed by atoms with Crippen molar-refractivity contribution in [3.63, 3.8) is 0 Å². The molecule has 1 aliphatic rings. The molecular weight excluding hydrogens is 210 g/mol. The fourth-order valence-electron chi connectivity index (χ4n) is 1.63. The van der Waals surface area contributed by atoms with Gasteiger partial charge < -0.3 is 10.1 Å². The molecule has 1 rings (SSSR count). The highest BCUT2D eigenvalue weighted by Gasteiger charge is 2.17. The van der Waals surface area contributed by atoms with Crippen LogP contribution in [0.5, 0.6) is 0 Å². The van der Waals surface area contributed by atoms with Gasteiger partial charge in [-0.15, -0.1) is 0 Å². The van der Waals surface area contributed by atoms with E-state index in [1.807, 2.05) is 25.6 Å². The monoisotopic (exact) mass is 231 g/mol. The summed E-state index contributed by atoms with van der Waals surface area (Å²) < 4.78 is 4.94. The molecule has 0 aromatic rings. The molecule has 1 N–H and O–H groups in total. The van der Waals surface area contributed by atoms with Crippen LogP contribution in [0.25, 0.3) is 0 Å². The fraction of sp³-hybridized carbons (Fsp3) is 0.909. The van der Waals surface area contributed by atoms with Gasteiger partial charge in [-0.1, -0.05) is 6.92 Å². The number of carbonyl (C=O) groups is 1. The quantitative estimate of drug-likeness (QED) is 0.706. The number of nitrogens with one attached hydrogen (secondary N) is 1. The normalized spacial score (nSPS) is 22.7. The van der Waals surface area contributed by atoms with E-state index >= 15 is 0 Å². The average Bonchev–Trinajstić information content (AvgIpc) is 2.71. The van der Waals surface area contributed by atoms with Gasteiger partial charge in [-0.05, 0) is 25.5 Å². The van der Waals surface area contributed by atoms with E-state index in [4.69, 9.17) is 4.74 Å². The van der Waals surface area contributed by atoms with E-state index in [0.29, 0.717) is 6.61 Å². The molecule has 0 radical (unpaired) electrons. The van der Waals surface area contributed by atoms with Gasteiger partial charge in [-0.2, -0.15) is 11.8 Å². The third-order valence-electron chi connectivity index (χ3n) is 2.54. The predicted molar refractivity (Wildman–Crippen MR) is 64.1 cm³/mol. The van der Waals surface area contributed by atoms with E-state index in [0.717, 1.165) is 18.3 Å². The van der Waals surface area contributed by atoms with Crippen LogP contribution >= 0.6 is 11.8 Å². The smallest absolute Gasteiger partial charge is 0.309 e. The van der Waals surface area contributed by atoms with Gasteiger partial charge in [0.25, 0.3) is 0 Å². The first-order valence-electron chi connectivity index (χ1n) is 5.73. The topological polar surface area (TPSA) is 38.3 Å². The number of hydrogen-bond acceptors (Lipinski definition) is 4. The largest absolute Gasteiger partial charge is 0.466 e. The maximum absolute atomic E-state index is 11.3. The molecule has 1 heterocycles. The van der Waals surface area contributed by atoms with Crippen LogP contribution in [0.2, 0.25) is 0 Å². The Balaban J connectivity index is 2.05. The lowest BCUT2D eigenvalue weighted by molar-refractivity contribution is -0.147. The summed E-state index contributed by atoms with van der Waals surface area (Å²) in [6.45, 7) is 5.98. The summed E-state index contributed by atoms with van der Waals surface area (Å²) in [5, 5.41) is 4.09. The van der Waals surface area contributed by atoms with Crippen molar-refractivity contribution in [3.05, 3.63) is 0 Å². The van der Waals surface area contributed by atoms with Gasteiger partial charge in [-0.25, -0.2) is 0 Å². The van der Waals surface area contributed by atoms with Crippen molar-refractivity contribution in [1.82, 2.24) is 5.32 Å². The highest BCUT2D eigenvalue weighted by atomic mass is 32.2. The summed E-state index contributed by atoms with van der Waals surface area (Å²) in [7, 11) is 0. The molecule has 0 aromatic heterocycles. The van der Waals surface area contributed by atoms with Crippen LogP contribution in [-0.4, -0.2) is 36.7 Å². The fourth-order valence-corrected chi connectivity index (χ4v) is 2.87. The zero-order valence-corrected chi connectivity index (χ0v) is 10.4. The standard InChI is InChI=1S/C11H21NO2S/c1-3-14-11(13)9(2)7-12-8-10-5-4-6-15-10/h9-10,12H,3-8H2,1-2H3. The van der Waals surface area contributed by atoms with Crippen molar-refractivity contribution in [3.8, 4) is 0 Å². The molecule has 15 heavy (non-hydrogen) atoms. The second kappa shape index (κ2) is 7.12. The van der Waals surface area contributed by atoms with Crippen molar-refractivity contribution in [2.75, 3.05) is 25.4 Å². The Bertz CT molecular complexity index is 193. The molecule has 2 atom stereocenters. The first-order chi connectivity index (χ1) is 7.24. The van der Waals surface area contributed by atoms with E-state index in [-0.39, 0.29) is 11.9 Å². The number of rotatable bonds is 6. The summed E-state index contributed by atoms with van der Waals surface area (Å²) in [5.41, 5.74) is 0. The lowest BCUT2D eigenvalue weighted by atomic mass is 10.2. The molecule has 0 aromatic carbocycles. The molecular formula is C11H21NO2S. The number of carbonyl (C=O) groups excluding carboxylic acids is 1. The van der Waals surface area contributed by atoms with Gasteiger partial charge in [0, 0.05) is 18.3 Å². The van der Waals surface area contributed by atoms with Gasteiger partial charge in [-0.3, -0.25) is 4.79 Å². The van der Waals surface area contributed by atoms with Gasteiger partial charge in [0.15, 0.2) is 0 Å². The third kappa shape index (κ3) is 4.89. The Kier molecular flexibility index (Phi) is 6.10. The zero-order valence-electron chi connectivity index (χ0n) is 9.62. The van der Waals surface area contributed by atoms with Crippen LogP contribution in [0.1, 0.15) is 26.7 Å². The Morgan fingerprint density at radius 3 is 3.07 bits per heavy atom. The minimum Gasteiger partial charge on any atom is -0.466 e. The van der Waals surface area contributed by atoms with Crippen molar-refractivity contribution >= 4 is 17.7 Å². The van der Waals surface area contributed by atoms with E-state index in [9.17, 15) is 4.79 Å². The number of hydrogen-bond donors (Lipinski definition) is 1. The van der Waals surface area contributed by atoms with Crippen molar-refractivity contribution in [2.24, 2.45) is 5.92 Å². The molecule has 1 fully saturated rings. The highest BCUT2D eigenvalue weighted by molar-refractivity contribution is 8.00. The molecule has 0 saturated carbocycles. The molecule has 1 aliphatic heterocycles. The summed E-state index contributed by atoms with van der Waals surface area (Å²) in [6, 6.07) is 0. The van der Waals surface area contributed by atoms with Gasteiger partial charge >= 0.3 is 5.97 Å². The Morgan fingerprint density at radius 2 is 2.47 bits per heavy atom. The Morgan fingerprint density at radius 1 is 1.67 bits per heavy atom. The second-order valence-corrected chi connectivity index (χ2v) is 5.35. The van der Waals surface area contributed by atoms with E-state index in [1.165, 1.54) is 18.6 Å². The van der Waals surface area contributed by atoms with Gasteiger partial charge in [0.1, 0.15) is 0 Å². The number of thioether (sulfide) groups is 1. The first-order valence-corrected chi connectivity index (χ1v) is 6.78. The summed E-state index contributed by atoms with van der Waals surface area (Å²) >= 11 is 2.03. The van der Waals surface area contributed by atoms with Gasteiger partial charge in [0.2, 0.25) is 0 Å². The van der Waals surface area contributed by atoms with Crippen LogP contribution in [0.4, 0.5) is 0 Å². The summed E-state index contributed by atoms with van der Waals surface area (Å²) in [6.07, 6.45) is 2.65. The molecule has 88 valence electrons. The van der Waals surface area contributed by atoms with Crippen molar-refractivity contribution in [1.29, 1.82) is 0 Å². The average molecular weight is 231 g/mol. The minimum absolute atomic E-state index is 0.0312. The maximum Gasteiger partial charge on any atom is 0.309 e. The number of ether oxygens (including phenoxy) is 1. The van der Waals surface area contributed by atoms with Crippen LogP contribution in [0, 0.1) is 5.92 Å². The van der Waals surface area contributed by atoms with Crippen LogP contribution in [-0.2, 0) is 9.53 Å². The van der Waals surface area contributed by atoms with Crippen LogP contribution in [0.3, 0.4) is 0 Å². The lowest BCUT2D eigenvalue weighted by Crippen LogP contribution is -2.31. The molecule has 4 heteroatoms. The van der Waals surface area contributed by atoms with Crippen molar-refractivity contribution in [2.45, 2.75) is 31.9 Å². The van der Waals surface area contributed by atoms with Gasteiger partial charge in [0.05, 0.1) is 12.5 Å². The summed E-state index contributed by atoms with van der Waals surface area (Å²) in [5.74, 6) is 1.17.